The Labute approximate surface area is 191 Å². The number of anilines is 2. The van der Waals surface area contributed by atoms with E-state index in [1.807, 2.05) is 37.3 Å². The molecule has 0 radical (unpaired) electrons. The van der Waals surface area contributed by atoms with E-state index in [0.29, 0.717) is 23.2 Å². The molecule has 0 fully saturated rings. The van der Waals surface area contributed by atoms with Gasteiger partial charge in [0.1, 0.15) is 0 Å². The lowest BCUT2D eigenvalue weighted by Gasteiger charge is -2.30. The fraction of sp³-hybridized carbons (Fsp3) is 0.320. The molecule has 1 unspecified atom stereocenters. The normalized spacial score (nSPS) is 14.2. The molecule has 2 heterocycles. The van der Waals surface area contributed by atoms with E-state index in [2.05, 4.69) is 46.2 Å². The molecule has 1 aliphatic heterocycles. The zero-order valence-corrected chi connectivity index (χ0v) is 19.7. The van der Waals surface area contributed by atoms with Gasteiger partial charge in [0.05, 0.1) is 16.5 Å². The lowest BCUT2D eigenvalue weighted by Crippen LogP contribution is -2.31. The van der Waals surface area contributed by atoms with Crippen molar-refractivity contribution >= 4 is 28.1 Å². The third-order valence-electron chi connectivity index (χ3n) is 5.67. The van der Waals surface area contributed by atoms with Gasteiger partial charge in [-0.25, -0.2) is 9.97 Å². The zero-order valence-electron chi connectivity index (χ0n) is 18.9. The molecule has 0 spiro atoms. The highest BCUT2D eigenvalue weighted by Gasteiger charge is 2.21. The Morgan fingerprint density at radius 2 is 2.00 bits per heavy atom. The molecule has 0 aliphatic carbocycles. The van der Waals surface area contributed by atoms with Gasteiger partial charge in [-0.3, -0.25) is 9.00 Å². The highest BCUT2D eigenvalue weighted by molar-refractivity contribution is 7.84. The highest BCUT2D eigenvalue weighted by atomic mass is 32.2. The summed E-state index contributed by atoms with van der Waals surface area (Å²) in [6.45, 7) is 7.72. The van der Waals surface area contributed by atoms with Gasteiger partial charge in [-0.05, 0) is 54.3 Å². The van der Waals surface area contributed by atoms with Gasteiger partial charge in [-0.2, -0.15) is 0 Å². The minimum Gasteiger partial charge on any atom is -0.367 e. The number of nitrogens with zero attached hydrogens (tertiary/aromatic N) is 3. The van der Waals surface area contributed by atoms with E-state index in [9.17, 15) is 9.00 Å². The standard InChI is InChI=1S/C25H28N4O2S/c1-16(2)18-6-5-7-21(12-18)27-24(30)19-10-17(3)11-22(13-19)29-9-8-23-20(15-29)14-26-25(28-23)32(4)31/h5-7,10-14,16H,8-9,15H2,1-4H3,(H,27,30). The van der Waals surface area contributed by atoms with Gasteiger partial charge in [-0.1, -0.05) is 26.0 Å². The monoisotopic (exact) mass is 448 g/mol. The Morgan fingerprint density at radius 3 is 2.75 bits per heavy atom. The van der Waals surface area contributed by atoms with Gasteiger partial charge in [0.2, 0.25) is 5.16 Å². The van der Waals surface area contributed by atoms with Crippen molar-refractivity contribution in [2.24, 2.45) is 0 Å². The third kappa shape index (κ3) is 4.88. The van der Waals surface area contributed by atoms with Gasteiger partial charge in [0.25, 0.3) is 5.91 Å². The number of aryl methyl sites for hydroxylation is 1. The summed E-state index contributed by atoms with van der Waals surface area (Å²) in [5.41, 5.74) is 6.64. The average Bonchev–Trinajstić information content (AvgIpc) is 2.78. The maximum atomic E-state index is 13.0. The molecule has 1 aliphatic rings. The molecule has 1 atom stereocenters. The van der Waals surface area contributed by atoms with Crippen LogP contribution in [0.2, 0.25) is 0 Å². The van der Waals surface area contributed by atoms with Gasteiger partial charge >= 0.3 is 0 Å². The van der Waals surface area contributed by atoms with Gasteiger partial charge < -0.3 is 10.2 Å². The second-order valence-corrected chi connectivity index (χ2v) is 9.82. The van der Waals surface area contributed by atoms with Crippen molar-refractivity contribution in [3.63, 3.8) is 0 Å². The minimum atomic E-state index is -1.18. The van der Waals surface area contributed by atoms with Crippen LogP contribution in [0.3, 0.4) is 0 Å². The molecule has 2 aromatic carbocycles. The fourth-order valence-electron chi connectivity index (χ4n) is 3.91. The van der Waals surface area contributed by atoms with E-state index in [4.69, 9.17) is 0 Å². The van der Waals surface area contributed by atoms with E-state index in [0.717, 1.165) is 41.2 Å². The van der Waals surface area contributed by atoms with Crippen LogP contribution in [0, 0.1) is 6.92 Å². The lowest BCUT2D eigenvalue weighted by atomic mass is 10.0. The number of hydrogen-bond donors (Lipinski definition) is 1. The number of nitrogens with one attached hydrogen (secondary N) is 1. The zero-order chi connectivity index (χ0) is 22.8. The van der Waals surface area contributed by atoms with Crippen LogP contribution < -0.4 is 10.2 Å². The molecule has 3 aromatic rings. The summed E-state index contributed by atoms with van der Waals surface area (Å²) in [5, 5.41) is 3.42. The van der Waals surface area contributed by atoms with E-state index < -0.39 is 10.8 Å². The second kappa shape index (κ2) is 9.20. The Hall–Kier alpha value is -3.06. The first-order valence-corrected chi connectivity index (χ1v) is 12.3. The van der Waals surface area contributed by atoms with Crippen LogP contribution in [0.5, 0.6) is 0 Å². The molecule has 1 N–H and O–H groups in total. The maximum Gasteiger partial charge on any atom is 0.255 e. The number of carbonyl (C=O) groups is 1. The predicted molar refractivity (Wildman–Crippen MR) is 129 cm³/mol. The summed E-state index contributed by atoms with van der Waals surface area (Å²) in [7, 11) is -1.18. The quantitative estimate of drug-likeness (QED) is 0.583. The Kier molecular flexibility index (Phi) is 6.37. The minimum absolute atomic E-state index is 0.119. The first kappa shape index (κ1) is 22.1. The van der Waals surface area contributed by atoms with Crippen LogP contribution in [0.15, 0.2) is 53.8 Å². The summed E-state index contributed by atoms with van der Waals surface area (Å²) in [5.74, 6) is 0.281. The summed E-state index contributed by atoms with van der Waals surface area (Å²) >= 11 is 0. The van der Waals surface area contributed by atoms with Crippen LogP contribution in [0.4, 0.5) is 11.4 Å². The van der Waals surface area contributed by atoms with Crippen LogP contribution in [-0.4, -0.2) is 32.9 Å². The molecule has 7 heteroatoms. The smallest absolute Gasteiger partial charge is 0.255 e. The molecule has 0 bridgehead atoms. The first-order valence-electron chi connectivity index (χ1n) is 10.8. The van der Waals surface area contributed by atoms with Crippen LogP contribution in [-0.2, 0) is 23.8 Å². The first-order chi connectivity index (χ1) is 15.3. The number of amides is 1. The summed E-state index contributed by atoms with van der Waals surface area (Å²) in [4.78, 5) is 24.0. The van der Waals surface area contributed by atoms with Crippen molar-refractivity contribution in [3.05, 3.63) is 76.6 Å². The Morgan fingerprint density at radius 1 is 1.19 bits per heavy atom. The van der Waals surface area contributed by atoms with Crippen molar-refractivity contribution in [2.75, 3.05) is 23.0 Å². The van der Waals surface area contributed by atoms with E-state index in [1.165, 1.54) is 5.56 Å². The number of benzene rings is 2. The van der Waals surface area contributed by atoms with Crippen LogP contribution >= 0.6 is 0 Å². The summed E-state index contributed by atoms with van der Waals surface area (Å²) < 4.78 is 11.7. The molecule has 1 aromatic heterocycles. The van der Waals surface area contributed by atoms with Gasteiger partial charge in [0.15, 0.2) is 0 Å². The lowest BCUT2D eigenvalue weighted by molar-refractivity contribution is 0.102. The number of hydrogen-bond acceptors (Lipinski definition) is 5. The topological polar surface area (TPSA) is 75.2 Å². The van der Waals surface area contributed by atoms with Gasteiger partial charge in [-0.15, -0.1) is 0 Å². The van der Waals surface area contributed by atoms with Crippen LogP contribution in [0.1, 0.15) is 52.5 Å². The molecule has 0 saturated carbocycles. The second-order valence-electron chi connectivity index (χ2n) is 8.54. The molecule has 0 saturated heterocycles. The maximum absolute atomic E-state index is 13.0. The highest BCUT2D eigenvalue weighted by Crippen LogP contribution is 2.26. The predicted octanol–water partition coefficient (Wildman–Crippen LogP) is 4.46. The van der Waals surface area contributed by atoms with Crippen molar-refractivity contribution in [3.8, 4) is 0 Å². The molecule has 6 nitrogen and oxygen atoms in total. The average molecular weight is 449 g/mol. The Bertz CT molecular complexity index is 1190. The molecule has 1 amide bonds. The molecule has 166 valence electrons. The number of aromatic nitrogens is 2. The summed E-state index contributed by atoms with van der Waals surface area (Å²) in [6.07, 6.45) is 4.12. The van der Waals surface area contributed by atoms with E-state index in [-0.39, 0.29) is 5.91 Å². The fourth-order valence-corrected chi connectivity index (χ4v) is 4.35. The molecular formula is C25H28N4O2S. The summed E-state index contributed by atoms with van der Waals surface area (Å²) in [6, 6.07) is 13.9. The van der Waals surface area contributed by atoms with Crippen molar-refractivity contribution in [1.29, 1.82) is 0 Å². The largest absolute Gasteiger partial charge is 0.367 e. The van der Waals surface area contributed by atoms with Crippen molar-refractivity contribution in [2.45, 2.75) is 44.8 Å². The Balaban J connectivity index is 1.54. The van der Waals surface area contributed by atoms with Crippen molar-refractivity contribution in [1.82, 2.24) is 9.97 Å². The van der Waals surface area contributed by atoms with E-state index in [1.54, 1.807) is 12.5 Å². The number of fused-ring (bicyclic) bond motifs is 1. The third-order valence-corrected chi connectivity index (χ3v) is 6.38. The number of carbonyl (C=O) groups excluding carboxylic acids is 1. The molecule has 4 rings (SSSR count). The number of rotatable bonds is 5. The SMILES string of the molecule is Cc1cc(C(=O)Nc2cccc(C(C)C)c2)cc(N2CCc3nc(S(C)=O)ncc3C2)c1. The van der Waals surface area contributed by atoms with E-state index >= 15 is 0 Å². The molecule has 32 heavy (non-hydrogen) atoms. The van der Waals surface area contributed by atoms with Gasteiger partial charge in [0, 0.05) is 54.5 Å². The van der Waals surface area contributed by atoms with Crippen molar-refractivity contribution < 1.29 is 9.00 Å². The van der Waals surface area contributed by atoms with Crippen LogP contribution in [0.25, 0.3) is 0 Å². The molecular weight excluding hydrogens is 420 g/mol.